The Hall–Kier alpha value is -1.44. The van der Waals surface area contributed by atoms with E-state index in [9.17, 15) is 8.42 Å². The Balaban J connectivity index is 2.20. The predicted octanol–water partition coefficient (Wildman–Crippen LogP) is 1.76. The molecule has 0 amide bonds. The minimum Gasteiger partial charge on any atom is -0.468 e. The average Bonchev–Trinajstić information content (AvgIpc) is 2.82. The lowest BCUT2D eigenvalue weighted by Gasteiger charge is -2.11. The molecule has 18 heavy (non-hydrogen) atoms. The van der Waals surface area contributed by atoms with Crippen molar-refractivity contribution in [2.45, 2.75) is 17.9 Å². The fourth-order valence-electron chi connectivity index (χ4n) is 1.34. The van der Waals surface area contributed by atoms with Crippen molar-refractivity contribution in [1.82, 2.24) is 14.7 Å². The Labute approximate surface area is 109 Å². The van der Waals surface area contributed by atoms with E-state index >= 15 is 0 Å². The molecule has 0 fully saturated rings. The number of sulfonamides is 1. The number of nitrogens with zero attached hydrogens (tertiary/aromatic N) is 2. The summed E-state index contributed by atoms with van der Waals surface area (Å²) in [5.74, 6) is 0.522. The van der Waals surface area contributed by atoms with Crippen molar-refractivity contribution in [2.75, 3.05) is 0 Å². The quantitative estimate of drug-likeness (QED) is 0.866. The molecule has 2 rings (SSSR count). The molecule has 6 nitrogen and oxygen atoms in total. The fourth-order valence-corrected chi connectivity index (χ4v) is 2.53. The van der Waals surface area contributed by atoms with E-state index in [2.05, 4.69) is 14.7 Å². The molecular formula is C10H10ClN3O3S. The van der Waals surface area contributed by atoms with Crippen LogP contribution in [0.1, 0.15) is 18.7 Å². The topological polar surface area (TPSA) is 85.1 Å². The number of nitrogens with one attached hydrogen (secondary N) is 1. The summed E-state index contributed by atoms with van der Waals surface area (Å²) in [7, 11) is -3.70. The van der Waals surface area contributed by atoms with E-state index in [0.717, 1.165) is 12.4 Å². The summed E-state index contributed by atoms with van der Waals surface area (Å²) in [6, 6.07) is 2.89. The zero-order valence-electron chi connectivity index (χ0n) is 9.37. The molecule has 0 saturated carbocycles. The van der Waals surface area contributed by atoms with Crippen LogP contribution < -0.4 is 4.72 Å². The highest BCUT2D eigenvalue weighted by atomic mass is 35.5. The first-order valence-corrected chi connectivity index (χ1v) is 6.88. The van der Waals surface area contributed by atoms with E-state index < -0.39 is 16.1 Å². The molecule has 2 heterocycles. The summed E-state index contributed by atoms with van der Waals surface area (Å²) in [4.78, 5) is 7.20. The average molecular weight is 288 g/mol. The Kier molecular flexibility index (Phi) is 3.65. The Morgan fingerprint density at radius 3 is 2.61 bits per heavy atom. The zero-order valence-corrected chi connectivity index (χ0v) is 10.9. The molecule has 2 aromatic heterocycles. The van der Waals surface area contributed by atoms with Gasteiger partial charge >= 0.3 is 0 Å². The molecule has 1 N–H and O–H groups in total. The summed E-state index contributed by atoms with van der Waals surface area (Å²) in [6.45, 7) is 1.67. The van der Waals surface area contributed by atoms with Gasteiger partial charge in [0.2, 0.25) is 15.3 Å². The van der Waals surface area contributed by atoms with Crippen LogP contribution in [0.15, 0.2) is 40.1 Å². The molecule has 0 aliphatic rings. The lowest BCUT2D eigenvalue weighted by atomic mass is 10.3. The monoisotopic (exact) mass is 287 g/mol. The van der Waals surface area contributed by atoms with Gasteiger partial charge < -0.3 is 4.42 Å². The number of hydrogen-bond donors (Lipinski definition) is 1. The highest BCUT2D eigenvalue weighted by Gasteiger charge is 2.20. The lowest BCUT2D eigenvalue weighted by Crippen LogP contribution is -2.26. The van der Waals surface area contributed by atoms with E-state index in [0.29, 0.717) is 5.76 Å². The summed E-state index contributed by atoms with van der Waals surface area (Å²) in [5, 5.41) is -0.00645. The lowest BCUT2D eigenvalue weighted by molar-refractivity contribution is 0.459. The predicted molar refractivity (Wildman–Crippen MR) is 64.5 cm³/mol. The molecule has 0 saturated heterocycles. The normalized spacial score (nSPS) is 13.4. The number of aromatic nitrogens is 2. The second kappa shape index (κ2) is 5.05. The first-order chi connectivity index (χ1) is 8.49. The van der Waals surface area contributed by atoms with Crippen LogP contribution >= 0.6 is 11.6 Å². The molecule has 0 aliphatic heterocycles. The van der Waals surface area contributed by atoms with Gasteiger partial charge in [0.15, 0.2) is 0 Å². The Morgan fingerprint density at radius 2 is 2.06 bits per heavy atom. The summed E-state index contributed by atoms with van der Waals surface area (Å²) in [6.07, 6.45) is 3.77. The Bertz CT molecular complexity index is 610. The summed E-state index contributed by atoms with van der Waals surface area (Å²) >= 11 is 5.50. The second-order valence-electron chi connectivity index (χ2n) is 3.55. The van der Waals surface area contributed by atoms with Crippen LogP contribution in [-0.4, -0.2) is 18.4 Å². The van der Waals surface area contributed by atoms with Crippen LogP contribution in [-0.2, 0) is 10.0 Å². The van der Waals surface area contributed by atoms with Crippen LogP contribution in [0.25, 0.3) is 0 Å². The van der Waals surface area contributed by atoms with Crippen LogP contribution in [0.3, 0.4) is 0 Å². The van der Waals surface area contributed by atoms with Gasteiger partial charge in [-0.2, -0.15) is 0 Å². The van der Waals surface area contributed by atoms with Crippen molar-refractivity contribution < 1.29 is 12.8 Å². The van der Waals surface area contributed by atoms with E-state index in [1.807, 2.05) is 0 Å². The summed E-state index contributed by atoms with van der Waals surface area (Å²) < 4.78 is 31.5. The van der Waals surface area contributed by atoms with Gasteiger partial charge in [-0.25, -0.2) is 23.1 Å². The highest BCUT2D eigenvalue weighted by molar-refractivity contribution is 7.89. The maximum absolute atomic E-state index is 12.0. The van der Waals surface area contributed by atoms with Gasteiger partial charge in [0.25, 0.3) is 0 Å². The third-order valence-electron chi connectivity index (χ3n) is 2.21. The molecule has 2 aromatic rings. The maximum Gasteiger partial charge on any atom is 0.244 e. The minimum atomic E-state index is -3.70. The van der Waals surface area contributed by atoms with Crippen molar-refractivity contribution >= 4 is 21.6 Å². The molecule has 1 unspecified atom stereocenters. The van der Waals surface area contributed by atoms with Gasteiger partial charge in [0.05, 0.1) is 24.7 Å². The number of hydrogen-bond acceptors (Lipinski definition) is 5. The largest absolute Gasteiger partial charge is 0.468 e. The van der Waals surface area contributed by atoms with Crippen LogP contribution in [0.5, 0.6) is 0 Å². The number of halogens is 1. The maximum atomic E-state index is 12.0. The van der Waals surface area contributed by atoms with Crippen LogP contribution in [0, 0.1) is 0 Å². The number of furan rings is 1. The molecule has 0 spiro atoms. The van der Waals surface area contributed by atoms with Gasteiger partial charge in [0.1, 0.15) is 10.7 Å². The van der Waals surface area contributed by atoms with E-state index in [4.69, 9.17) is 16.0 Å². The van der Waals surface area contributed by atoms with E-state index in [1.54, 1.807) is 19.1 Å². The van der Waals surface area contributed by atoms with Gasteiger partial charge in [-0.15, -0.1) is 0 Å². The smallest absolute Gasteiger partial charge is 0.244 e. The Morgan fingerprint density at radius 1 is 1.39 bits per heavy atom. The van der Waals surface area contributed by atoms with Gasteiger partial charge in [-0.3, -0.25) is 0 Å². The molecule has 1 atom stereocenters. The molecular weight excluding hydrogens is 278 g/mol. The highest BCUT2D eigenvalue weighted by Crippen LogP contribution is 2.16. The molecule has 0 aromatic carbocycles. The van der Waals surface area contributed by atoms with Crippen molar-refractivity contribution in [3.05, 3.63) is 41.8 Å². The third kappa shape index (κ3) is 2.87. The molecule has 0 bridgehead atoms. The second-order valence-corrected chi connectivity index (χ2v) is 5.60. The van der Waals surface area contributed by atoms with Crippen LogP contribution in [0.4, 0.5) is 0 Å². The van der Waals surface area contributed by atoms with Crippen LogP contribution in [0.2, 0.25) is 5.28 Å². The van der Waals surface area contributed by atoms with Crippen molar-refractivity contribution in [2.24, 2.45) is 0 Å². The first-order valence-electron chi connectivity index (χ1n) is 5.02. The van der Waals surface area contributed by atoms with Crippen molar-refractivity contribution in [3.63, 3.8) is 0 Å². The molecule has 8 heteroatoms. The SMILES string of the molecule is CC(NS(=O)(=O)c1cnc(Cl)nc1)c1ccco1. The molecule has 96 valence electrons. The third-order valence-corrected chi connectivity index (χ3v) is 3.90. The van der Waals surface area contributed by atoms with Crippen molar-refractivity contribution in [3.8, 4) is 0 Å². The fraction of sp³-hybridized carbons (Fsp3) is 0.200. The van der Waals surface area contributed by atoms with Gasteiger partial charge in [0, 0.05) is 0 Å². The first kappa shape index (κ1) is 13.0. The number of rotatable bonds is 4. The van der Waals surface area contributed by atoms with Gasteiger partial charge in [-0.05, 0) is 30.7 Å². The van der Waals surface area contributed by atoms with E-state index in [1.165, 1.54) is 6.26 Å². The van der Waals surface area contributed by atoms with Crippen molar-refractivity contribution in [1.29, 1.82) is 0 Å². The molecule has 0 radical (unpaired) electrons. The molecule has 0 aliphatic carbocycles. The minimum absolute atomic E-state index is 0.00645. The zero-order chi connectivity index (χ0) is 13.2. The summed E-state index contributed by atoms with van der Waals surface area (Å²) in [5.41, 5.74) is 0. The van der Waals surface area contributed by atoms with E-state index in [-0.39, 0.29) is 10.2 Å². The van der Waals surface area contributed by atoms with Gasteiger partial charge in [-0.1, -0.05) is 0 Å². The standard InChI is InChI=1S/C10H10ClN3O3S/c1-7(9-3-2-4-17-9)14-18(15,16)8-5-12-10(11)13-6-8/h2-7,14H,1H3.